The van der Waals surface area contributed by atoms with Gasteiger partial charge in [0.25, 0.3) is 5.91 Å². The van der Waals surface area contributed by atoms with Gasteiger partial charge in [-0.05, 0) is 18.2 Å². The molecule has 3 N–H and O–H groups in total. The highest BCUT2D eigenvalue weighted by Gasteiger charge is 2.17. The number of rotatable bonds is 7. The van der Waals surface area contributed by atoms with Crippen LogP contribution in [0.25, 0.3) is 11.1 Å². The monoisotopic (exact) mass is 393 g/mol. The van der Waals surface area contributed by atoms with Gasteiger partial charge in [-0.25, -0.2) is 4.39 Å². The number of anilines is 1. The first-order valence-electron chi connectivity index (χ1n) is 8.99. The van der Waals surface area contributed by atoms with E-state index >= 15 is 0 Å². The highest BCUT2D eigenvalue weighted by Crippen LogP contribution is 2.30. The van der Waals surface area contributed by atoms with Crippen LogP contribution in [0.15, 0.2) is 48.5 Å². The van der Waals surface area contributed by atoms with E-state index in [1.54, 1.807) is 54.2 Å². The summed E-state index contributed by atoms with van der Waals surface area (Å²) in [6.07, 6.45) is 0. The number of nitrogens with zero attached hydrogens (tertiary/aromatic N) is 3. The summed E-state index contributed by atoms with van der Waals surface area (Å²) < 4.78 is 15.8. The van der Waals surface area contributed by atoms with Gasteiger partial charge in [-0.3, -0.25) is 9.48 Å². The van der Waals surface area contributed by atoms with Crippen LogP contribution in [-0.4, -0.2) is 33.9 Å². The smallest absolute Gasteiger partial charge is 0.276 e. The first-order valence-corrected chi connectivity index (χ1v) is 8.99. The van der Waals surface area contributed by atoms with Crippen molar-refractivity contribution in [2.45, 2.75) is 6.54 Å². The molecule has 0 atom stereocenters. The number of aryl methyl sites for hydroxylation is 1. The molecular weight excluding hydrogens is 373 g/mol. The Morgan fingerprint density at radius 2 is 2.00 bits per heavy atom. The average molecular weight is 393 g/mol. The van der Waals surface area contributed by atoms with Gasteiger partial charge in [0.05, 0.1) is 23.6 Å². The van der Waals surface area contributed by atoms with Gasteiger partial charge >= 0.3 is 0 Å². The Morgan fingerprint density at radius 3 is 2.72 bits per heavy atom. The molecule has 1 amide bonds. The summed E-state index contributed by atoms with van der Waals surface area (Å²) in [4.78, 5) is 12.7. The number of carbonyl (C=O) groups excluding carboxylic acids is 1. The molecule has 7 nitrogen and oxygen atoms in total. The van der Waals surface area contributed by atoms with Crippen molar-refractivity contribution in [3.8, 4) is 17.2 Å². The fraction of sp³-hybridized carbons (Fsp3) is 0.190. The molecule has 0 spiro atoms. The molecule has 0 unspecified atom stereocenters. The van der Waals surface area contributed by atoms with Crippen molar-refractivity contribution in [3.63, 3.8) is 0 Å². The molecule has 0 aliphatic rings. The topological polar surface area (TPSA) is 103 Å². The highest BCUT2D eigenvalue weighted by atomic mass is 19.1. The van der Waals surface area contributed by atoms with Gasteiger partial charge in [-0.2, -0.15) is 10.4 Å². The summed E-state index contributed by atoms with van der Waals surface area (Å²) in [5.74, 6) is -0.923. The molecule has 3 aromatic rings. The summed E-state index contributed by atoms with van der Waals surface area (Å²) in [5.41, 5.74) is 2.10. The zero-order valence-electron chi connectivity index (χ0n) is 15.8. The molecule has 148 valence electrons. The van der Waals surface area contributed by atoms with E-state index in [4.69, 9.17) is 5.11 Å². The van der Waals surface area contributed by atoms with Gasteiger partial charge in [0.2, 0.25) is 0 Å². The molecule has 8 heteroatoms. The van der Waals surface area contributed by atoms with Gasteiger partial charge in [0.15, 0.2) is 5.69 Å². The molecule has 29 heavy (non-hydrogen) atoms. The van der Waals surface area contributed by atoms with Gasteiger partial charge in [0.1, 0.15) is 11.9 Å². The number of aromatic nitrogens is 2. The van der Waals surface area contributed by atoms with Crippen molar-refractivity contribution in [1.82, 2.24) is 15.1 Å². The third-order valence-corrected chi connectivity index (χ3v) is 4.39. The Morgan fingerprint density at radius 1 is 1.24 bits per heavy atom. The van der Waals surface area contributed by atoms with Crippen molar-refractivity contribution in [3.05, 3.63) is 71.3 Å². The lowest BCUT2D eigenvalue weighted by molar-refractivity contribution is 0.102. The zero-order valence-corrected chi connectivity index (χ0v) is 15.8. The van der Waals surface area contributed by atoms with E-state index in [9.17, 15) is 14.4 Å². The number of amides is 1. The van der Waals surface area contributed by atoms with Crippen LogP contribution in [0.4, 0.5) is 10.1 Å². The Kier molecular flexibility index (Phi) is 6.34. The first kappa shape index (κ1) is 20.2. The molecule has 0 radical (unpaired) electrons. The quantitative estimate of drug-likeness (QED) is 0.535. The molecular formula is C21H20FN5O2. The Balaban J connectivity index is 1.87. The molecule has 0 saturated carbocycles. The zero-order chi connectivity index (χ0) is 20.8. The normalized spacial score (nSPS) is 10.6. The van der Waals surface area contributed by atoms with E-state index in [-0.39, 0.29) is 29.1 Å². The number of hydrogen-bond acceptors (Lipinski definition) is 5. The van der Waals surface area contributed by atoms with E-state index in [0.29, 0.717) is 18.7 Å². The number of nitriles is 1. The molecule has 0 bridgehead atoms. The van der Waals surface area contributed by atoms with Crippen molar-refractivity contribution >= 4 is 11.6 Å². The molecule has 0 aliphatic carbocycles. The van der Waals surface area contributed by atoms with E-state index in [0.717, 1.165) is 5.69 Å². The third-order valence-electron chi connectivity index (χ3n) is 4.39. The Labute approximate surface area is 167 Å². The maximum atomic E-state index is 14.2. The van der Waals surface area contributed by atoms with Crippen LogP contribution in [-0.2, 0) is 13.6 Å². The predicted octanol–water partition coefficient (Wildman–Crippen LogP) is 2.43. The summed E-state index contributed by atoms with van der Waals surface area (Å²) in [5, 5.41) is 28.4. The second kappa shape index (κ2) is 9.10. The number of aliphatic hydroxyl groups excluding tert-OH is 1. The maximum absolute atomic E-state index is 14.2. The van der Waals surface area contributed by atoms with Crippen LogP contribution in [0, 0.1) is 17.1 Å². The lowest BCUT2D eigenvalue weighted by atomic mass is 9.98. The largest absolute Gasteiger partial charge is 0.395 e. The van der Waals surface area contributed by atoms with E-state index in [1.807, 2.05) is 0 Å². The standard InChI is InChI=1S/C21H20FN5O2/c1-27-14(13-24-9-10-28)11-20(26-27)21(29)25-19-8-4-6-15(17(19)12-23)16-5-2-3-7-18(16)22/h2-8,11,24,28H,9-10,13H2,1H3,(H,25,29). The minimum atomic E-state index is -0.476. The van der Waals surface area contributed by atoms with Crippen LogP contribution < -0.4 is 10.6 Å². The van der Waals surface area contributed by atoms with Crippen molar-refractivity contribution in [2.24, 2.45) is 7.05 Å². The van der Waals surface area contributed by atoms with Crippen LogP contribution >= 0.6 is 0 Å². The molecule has 2 aromatic carbocycles. The molecule has 0 saturated heterocycles. The van der Waals surface area contributed by atoms with Crippen LogP contribution in [0.1, 0.15) is 21.7 Å². The van der Waals surface area contributed by atoms with Crippen LogP contribution in [0.2, 0.25) is 0 Å². The lowest BCUT2D eigenvalue weighted by Gasteiger charge is -2.11. The fourth-order valence-corrected chi connectivity index (χ4v) is 2.95. The number of halogens is 1. The van der Waals surface area contributed by atoms with E-state index in [2.05, 4.69) is 21.8 Å². The van der Waals surface area contributed by atoms with Gasteiger partial charge in [-0.1, -0.05) is 30.3 Å². The predicted molar refractivity (Wildman–Crippen MR) is 107 cm³/mol. The molecule has 0 fully saturated rings. The number of hydrogen-bond donors (Lipinski definition) is 3. The van der Waals surface area contributed by atoms with Gasteiger partial charge in [-0.15, -0.1) is 0 Å². The van der Waals surface area contributed by atoms with Crippen molar-refractivity contribution in [2.75, 3.05) is 18.5 Å². The highest BCUT2D eigenvalue weighted by molar-refractivity contribution is 6.04. The first-order chi connectivity index (χ1) is 14.0. The Bertz CT molecular complexity index is 1070. The van der Waals surface area contributed by atoms with E-state index < -0.39 is 11.7 Å². The summed E-state index contributed by atoms with van der Waals surface area (Å²) >= 11 is 0. The fourth-order valence-electron chi connectivity index (χ4n) is 2.95. The van der Waals surface area contributed by atoms with Crippen molar-refractivity contribution in [1.29, 1.82) is 5.26 Å². The summed E-state index contributed by atoms with van der Waals surface area (Å²) in [6, 6.07) is 14.7. The lowest BCUT2D eigenvalue weighted by Crippen LogP contribution is -2.19. The number of aliphatic hydroxyl groups is 1. The minimum absolute atomic E-state index is 0.0144. The molecule has 1 aromatic heterocycles. The van der Waals surface area contributed by atoms with Crippen molar-refractivity contribution < 1.29 is 14.3 Å². The van der Waals surface area contributed by atoms with Gasteiger partial charge in [0, 0.05) is 31.3 Å². The molecule has 3 rings (SSSR count). The minimum Gasteiger partial charge on any atom is -0.395 e. The van der Waals surface area contributed by atoms with Gasteiger partial charge < -0.3 is 15.7 Å². The second-order valence-electron chi connectivity index (χ2n) is 6.32. The molecule has 1 heterocycles. The summed E-state index contributed by atoms with van der Waals surface area (Å²) in [6.45, 7) is 0.894. The second-order valence-corrected chi connectivity index (χ2v) is 6.32. The number of carbonyl (C=O) groups is 1. The third kappa shape index (κ3) is 4.48. The summed E-state index contributed by atoms with van der Waals surface area (Å²) in [7, 11) is 1.71. The number of benzene rings is 2. The van der Waals surface area contributed by atoms with Crippen LogP contribution in [0.3, 0.4) is 0 Å². The maximum Gasteiger partial charge on any atom is 0.276 e. The SMILES string of the molecule is Cn1nc(C(=O)Nc2cccc(-c3ccccc3F)c2C#N)cc1CNCCO. The molecule has 0 aliphatic heterocycles. The van der Waals surface area contributed by atoms with Crippen LogP contribution in [0.5, 0.6) is 0 Å². The van der Waals surface area contributed by atoms with E-state index in [1.165, 1.54) is 6.07 Å². The number of nitrogens with one attached hydrogen (secondary N) is 2. The average Bonchev–Trinajstić information content (AvgIpc) is 3.09. The Hall–Kier alpha value is -3.54.